The van der Waals surface area contributed by atoms with Crippen molar-refractivity contribution in [2.24, 2.45) is 0 Å². The van der Waals surface area contributed by atoms with Crippen LogP contribution in [0, 0.1) is 0 Å². The molecule has 9 nitrogen and oxygen atoms in total. The molecule has 0 saturated heterocycles. The lowest BCUT2D eigenvalue weighted by molar-refractivity contribution is -0.870. The SMILES string of the molecule is CC/C=C\C/C=C\C/C=C\C/C=C\C/C=C\CCCCCCCCCCCCCCCC(=O)OC(COC(=O)CCCCCCCC/C=C\C/C=C\C/C=C\CCCCC)COP(=O)([O-])OCC[N+](C)(C)C. The van der Waals surface area contributed by atoms with Crippen LogP contribution in [0.4, 0.5) is 0 Å². The van der Waals surface area contributed by atoms with Gasteiger partial charge in [0.1, 0.15) is 19.8 Å². The fourth-order valence-electron chi connectivity index (χ4n) is 7.63. The van der Waals surface area contributed by atoms with Gasteiger partial charge in [-0.1, -0.05) is 220 Å². The van der Waals surface area contributed by atoms with Crippen molar-refractivity contribution >= 4 is 19.8 Å². The van der Waals surface area contributed by atoms with Gasteiger partial charge in [0.25, 0.3) is 7.82 Å². The molecule has 0 aromatic heterocycles. The molecule has 72 heavy (non-hydrogen) atoms. The average Bonchev–Trinajstić information content (AvgIpc) is 3.34. The minimum absolute atomic E-state index is 0.0374. The number of carbonyl (C=O) groups excluding carboxylic acids is 2. The third-order valence-corrected chi connectivity index (χ3v) is 13.1. The van der Waals surface area contributed by atoms with Gasteiger partial charge in [-0.2, -0.15) is 0 Å². The fraction of sp³-hybridized carbons (Fsp3) is 0.710. The number of unbranched alkanes of at least 4 members (excludes halogenated alkanes) is 22. The van der Waals surface area contributed by atoms with Crippen LogP contribution in [0.2, 0.25) is 0 Å². The average molecular weight is 1030 g/mol. The zero-order valence-electron chi connectivity index (χ0n) is 46.8. The highest BCUT2D eigenvalue weighted by Gasteiger charge is 2.21. The van der Waals surface area contributed by atoms with Gasteiger partial charge in [0.2, 0.25) is 0 Å². The number of phosphoric acid groups is 1. The van der Waals surface area contributed by atoms with Crippen LogP contribution in [-0.4, -0.2) is 70.0 Å². The van der Waals surface area contributed by atoms with Crippen LogP contribution in [0.15, 0.2) is 97.2 Å². The van der Waals surface area contributed by atoms with E-state index in [1.54, 1.807) is 0 Å². The summed E-state index contributed by atoms with van der Waals surface area (Å²) in [6, 6.07) is 0. The highest BCUT2D eigenvalue weighted by Crippen LogP contribution is 2.38. The van der Waals surface area contributed by atoms with E-state index >= 15 is 0 Å². The van der Waals surface area contributed by atoms with Crippen molar-refractivity contribution in [2.45, 2.75) is 238 Å². The van der Waals surface area contributed by atoms with Gasteiger partial charge >= 0.3 is 11.9 Å². The van der Waals surface area contributed by atoms with Crippen LogP contribution in [0.5, 0.6) is 0 Å². The van der Waals surface area contributed by atoms with Crippen molar-refractivity contribution in [3.63, 3.8) is 0 Å². The van der Waals surface area contributed by atoms with Crippen molar-refractivity contribution in [3.8, 4) is 0 Å². The highest BCUT2D eigenvalue weighted by molar-refractivity contribution is 7.45. The van der Waals surface area contributed by atoms with E-state index in [0.717, 1.165) is 96.3 Å². The van der Waals surface area contributed by atoms with E-state index in [9.17, 15) is 19.0 Å². The van der Waals surface area contributed by atoms with Crippen molar-refractivity contribution in [3.05, 3.63) is 97.2 Å². The normalized spacial score (nSPS) is 14.0. The molecule has 0 saturated carbocycles. The van der Waals surface area contributed by atoms with Crippen LogP contribution in [0.3, 0.4) is 0 Å². The maximum Gasteiger partial charge on any atom is 0.306 e. The second-order valence-electron chi connectivity index (χ2n) is 20.3. The molecule has 0 aromatic carbocycles. The summed E-state index contributed by atoms with van der Waals surface area (Å²) in [5.74, 6) is -0.851. The van der Waals surface area contributed by atoms with Gasteiger partial charge < -0.3 is 27.9 Å². The molecule has 0 aliphatic heterocycles. The first-order valence-electron chi connectivity index (χ1n) is 28.9. The van der Waals surface area contributed by atoms with E-state index in [0.29, 0.717) is 23.9 Å². The molecule has 2 atom stereocenters. The molecule has 10 heteroatoms. The summed E-state index contributed by atoms with van der Waals surface area (Å²) in [6.07, 6.45) is 71.6. The standard InChI is InChI=1S/C62H108NO8P/c1-6-8-10-12-14-16-18-20-22-24-26-27-28-29-30-31-32-33-34-35-37-39-41-43-45-47-49-51-53-55-62(65)71-60(59-70-72(66,67)69-57-56-63(3,4)5)58-68-61(64)54-52-50-48-46-44-42-40-38-36-25-23-21-19-17-15-13-11-9-7-2/h8,10,14-17,20-23,26-27,29-30,36,38,60H,6-7,9,11-13,18-19,24-25,28,31-35,37,39-59H2,1-5H3/b10-8-,16-14-,17-15-,22-20-,23-21-,27-26-,30-29-,38-36-. The van der Waals surface area contributed by atoms with Crippen LogP contribution in [0.1, 0.15) is 232 Å². The van der Waals surface area contributed by atoms with E-state index in [-0.39, 0.29) is 26.1 Å². The Kier molecular flexibility index (Phi) is 50.5. The number of carbonyl (C=O) groups is 2. The molecule has 0 aliphatic carbocycles. The van der Waals surface area contributed by atoms with Gasteiger partial charge in [0, 0.05) is 12.8 Å². The maximum atomic E-state index is 12.8. The number of likely N-dealkylation sites (N-methyl/N-ethyl adjacent to an activating group) is 1. The number of rotatable bonds is 52. The quantitative estimate of drug-likeness (QED) is 0.0195. The molecular formula is C62H108NO8P. The zero-order valence-corrected chi connectivity index (χ0v) is 47.7. The molecule has 0 amide bonds. The Morgan fingerprint density at radius 1 is 0.444 bits per heavy atom. The largest absolute Gasteiger partial charge is 0.756 e. The molecule has 0 fully saturated rings. The smallest absolute Gasteiger partial charge is 0.306 e. The van der Waals surface area contributed by atoms with E-state index < -0.39 is 32.5 Å². The third-order valence-electron chi connectivity index (χ3n) is 12.1. The number of ether oxygens (including phenoxy) is 2. The van der Waals surface area contributed by atoms with E-state index in [1.807, 2.05) is 21.1 Å². The molecule has 2 unspecified atom stereocenters. The fourth-order valence-corrected chi connectivity index (χ4v) is 8.36. The van der Waals surface area contributed by atoms with E-state index in [4.69, 9.17) is 18.5 Å². The summed E-state index contributed by atoms with van der Waals surface area (Å²) < 4.78 is 34.1. The molecule has 414 valence electrons. The van der Waals surface area contributed by atoms with E-state index in [2.05, 4.69) is 111 Å². The topological polar surface area (TPSA) is 111 Å². The first-order chi connectivity index (χ1) is 35.0. The van der Waals surface area contributed by atoms with Gasteiger partial charge in [0.15, 0.2) is 6.10 Å². The lowest BCUT2D eigenvalue weighted by Gasteiger charge is -2.28. The number of quaternary nitrogens is 1. The highest BCUT2D eigenvalue weighted by atomic mass is 31.2. The Morgan fingerprint density at radius 2 is 0.792 bits per heavy atom. The van der Waals surface area contributed by atoms with Crippen molar-refractivity contribution in [1.82, 2.24) is 0 Å². The second-order valence-corrected chi connectivity index (χ2v) is 21.7. The Morgan fingerprint density at radius 3 is 1.18 bits per heavy atom. The van der Waals surface area contributed by atoms with Crippen LogP contribution >= 0.6 is 7.82 Å². The summed E-state index contributed by atoms with van der Waals surface area (Å²) in [5, 5.41) is 0. The van der Waals surface area contributed by atoms with Crippen LogP contribution in [-0.2, 0) is 32.7 Å². The Labute approximate surface area is 443 Å². The number of nitrogens with zero attached hydrogens (tertiary/aromatic N) is 1. The van der Waals surface area contributed by atoms with Crippen molar-refractivity contribution < 1.29 is 42.1 Å². The number of phosphoric ester groups is 1. The van der Waals surface area contributed by atoms with Gasteiger partial charge in [-0.25, -0.2) is 0 Å². The summed E-state index contributed by atoms with van der Waals surface area (Å²) in [6.45, 7) is 4.08. The molecule has 0 bridgehead atoms. The Hall–Kier alpha value is -3.07. The molecule has 0 aliphatic rings. The van der Waals surface area contributed by atoms with Gasteiger partial charge in [-0.3, -0.25) is 14.2 Å². The van der Waals surface area contributed by atoms with Crippen LogP contribution < -0.4 is 4.89 Å². The molecule has 0 aromatic rings. The summed E-state index contributed by atoms with van der Waals surface area (Å²) >= 11 is 0. The molecule has 0 rings (SSSR count). The summed E-state index contributed by atoms with van der Waals surface area (Å²) in [7, 11) is 1.15. The minimum Gasteiger partial charge on any atom is -0.756 e. The summed E-state index contributed by atoms with van der Waals surface area (Å²) in [5.41, 5.74) is 0. The first kappa shape index (κ1) is 68.9. The molecule has 0 N–H and O–H groups in total. The zero-order chi connectivity index (χ0) is 52.7. The predicted octanol–water partition coefficient (Wildman–Crippen LogP) is 17.4. The van der Waals surface area contributed by atoms with Gasteiger partial charge in [-0.15, -0.1) is 0 Å². The molecular weight excluding hydrogens is 918 g/mol. The number of hydrogen-bond donors (Lipinski definition) is 0. The number of hydrogen-bond acceptors (Lipinski definition) is 8. The lowest BCUT2D eigenvalue weighted by atomic mass is 10.0. The monoisotopic (exact) mass is 1030 g/mol. The number of allylic oxidation sites excluding steroid dienone is 16. The van der Waals surface area contributed by atoms with Crippen LogP contribution in [0.25, 0.3) is 0 Å². The number of esters is 2. The predicted molar refractivity (Wildman–Crippen MR) is 305 cm³/mol. The Balaban J connectivity index is 4.18. The maximum absolute atomic E-state index is 12.8. The molecule has 0 radical (unpaired) electrons. The lowest BCUT2D eigenvalue weighted by Crippen LogP contribution is -2.37. The second kappa shape index (κ2) is 52.8. The van der Waals surface area contributed by atoms with Gasteiger partial charge in [0.05, 0.1) is 27.7 Å². The molecule has 0 spiro atoms. The van der Waals surface area contributed by atoms with Crippen molar-refractivity contribution in [2.75, 3.05) is 47.5 Å². The third kappa shape index (κ3) is 56.2. The first-order valence-corrected chi connectivity index (χ1v) is 30.4. The minimum atomic E-state index is -4.64. The van der Waals surface area contributed by atoms with Gasteiger partial charge in [-0.05, 0) is 96.3 Å². The Bertz CT molecular complexity index is 1540. The van der Waals surface area contributed by atoms with Crippen molar-refractivity contribution in [1.29, 1.82) is 0 Å². The van der Waals surface area contributed by atoms with E-state index in [1.165, 1.54) is 96.3 Å². The summed E-state index contributed by atoms with van der Waals surface area (Å²) in [4.78, 5) is 37.9. The molecule has 0 heterocycles.